The molecule has 0 saturated carbocycles. The minimum Gasteiger partial charge on any atom is -0.462 e. The summed E-state index contributed by atoms with van der Waals surface area (Å²) in [5, 5.41) is 0. The lowest BCUT2D eigenvalue weighted by Crippen LogP contribution is -2.30. The monoisotopic (exact) mass is 857 g/mol. The van der Waals surface area contributed by atoms with Gasteiger partial charge in [0, 0.05) is 19.3 Å². The quantitative estimate of drug-likeness (QED) is 0.0262. The molecular formula is C55H100O6. The topological polar surface area (TPSA) is 78.9 Å². The first-order valence-corrected chi connectivity index (χ1v) is 26.5. The van der Waals surface area contributed by atoms with Gasteiger partial charge in [0.2, 0.25) is 0 Å². The molecule has 0 saturated heterocycles. The smallest absolute Gasteiger partial charge is 0.306 e. The van der Waals surface area contributed by atoms with E-state index >= 15 is 0 Å². The highest BCUT2D eigenvalue weighted by Gasteiger charge is 2.19. The summed E-state index contributed by atoms with van der Waals surface area (Å²) in [6, 6.07) is 0. The molecule has 0 radical (unpaired) electrons. The van der Waals surface area contributed by atoms with E-state index in [1.807, 2.05) is 0 Å². The SMILES string of the molecule is CCCC/C=C\C/C=C\CCCCCCCC(=O)O[C@H](COC(=O)CCCCCCC/C=C\CCCC)COC(=O)CCCCCCCCCCCCCCCCCCCC. The van der Waals surface area contributed by atoms with Crippen LogP contribution in [0.3, 0.4) is 0 Å². The van der Waals surface area contributed by atoms with Crippen molar-refractivity contribution >= 4 is 17.9 Å². The van der Waals surface area contributed by atoms with Gasteiger partial charge in [-0.1, -0.05) is 231 Å². The minimum atomic E-state index is -0.778. The van der Waals surface area contributed by atoms with E-state index in [4.69, 9.17) is 14.2 Å². The maximum atomic E-state index is 12.8. The summed E-state index contributed by atoms with van der Waals surface area (Å²) in [6.45, 7) is 6.57. The van der Waals surface area contributed by atoms with Crippen molar-refractivity contribution in [3.8, 4) is 0 Å². The fraction of sp³-hybridized carbons (Fsp3) is 0.836. The Morgan fingerprint density at radius 2 is 0.607 bits per heavy atom. The number of hydrogen-bond donors (Lipinski definition) is 0. The van der Waals surface area contributed by atoms with E-state index in [0.29, 0.717) is 19.3 Å². The Balaban J connectivity index is 4.32. The molecule has 0 spiro atoms. The fourth-order valence-electron chi connectivity index (χ4n) is 7.56. The van der Waals surface area contributed by atoms with Crippen LogP contribution < -0.4 is 0 Å². The highest BCUT2D eigenvalue weighted by molar-refractivity contribution is 5.71. The maximum Gasteiger partial charge on any atom is 0.306 e. The zero-order valence-electron chi connectivity index (χ0n) is 40.7. The van der Waals surface area contributed by atoms with Gasteiger partial charge in [-0.25, -0.2) is 0 Å². The Bertz CT molecular complexity index is 1030. The summed E-state index contributed by atoms with van der Waals surface area (Å²) < 4.78 is 16.8. The van der Waals surface area contributed by atoms with Crippen LogP contribution in [-0.2, 0) is 28.6 Å². The van der Waals surface area contributed by atoms with Crippen LogP contribution in [0, 0.1) is 0 Å². The molecule has 0 heterocycles. The lowest BCUT2D eigenvalue weighted by molar-refractivity contribution is -0.167. The van der Waals surface area contributed by atoms with E-state index < -0.39 is 6.10 Å². The summed E-state index contributed by atoms with van der Waals surface area (Å²) in [7, 11) is 0. The largest absolute Gasteiger partial charge is 0.462 e. The number of carbonyl (C=O) groups is 3. The Morgan fingerprint density at radius 3 is 0.967 bits per heavy atom. The number of rotatable bonds is 48. The molecule has 6 nitrogen and oxygen atoms in total. The number of carbonyl (C=O) groups excluding carboxylic acids is 3. The van der Waals surface area contributed by atoms with E-state index in [0.717, 1.165) is 89.9 Å². The maximum absolute atomic E-state index is 12.8. The molecule has 0 rings (SSSR count). The van der Waals surface area contributed by atoms with Gasteiger partial charge in [-0.3, -0.25) is 14.4 Å². The van der Waals surface area contributed by atoms with Crippen molar-refractivity contribution in [1.29, 1.82) is 0 Å². The Kier molecular flexibility index (Phi) is 48.3. The molecule has 0 aliphatic carbocycles. The fourth-order valence-corrected chi connectivity index (χ4v) is 7.56. The Hall–Kier alpha value is -2.37. The zero-order chi connectivity index (χ0) is 44.4. The third-order valence-corrected chi connectivity index (χ3v) is 11.6. The predicted octanol–water partition coefficient (Wildman–Crippen LogP) is 17.3. The average molecular weight is 857 g/mol. The van der Waals surface area contributed by atoms with Crippen molar-refractivity contribution in [1.82, 2.24) is 0 Å². The standard InChI is InChI=1S/C55H100O6/c1-4-7-10-13-16-19-22-24-26-27-28-29-31-33-36-39-42-45-48-54(57)60-51-52(50-59-53(56)47-44-41-38-35-32-21-18-15-12-9-6-3)61-55(58)49-46-43-40-37-34-30-25-23-20-17-14-11-8-5-2/h14-15,17-18,23,25,52H,4-13,16,19-22,24,26-51H2,1-3H3/b17-14-,18-15-,25-23-/t52-/m1/s1. The number of allylic oxidation sites excluding steroid dienone is 6. The van der Waals surface area contributed by atoms with Gasteiger partial charge < -0.3 is 14.2 Å². The van der Waals surface area contributed by atoms with Crippen molar-refractivity contribution in [3.05, 3.63) is 36.5 Å². The van der Waals surface area contributed by atoms with Gasteiger partial charge in [-0.05, 0) is 64.2 Å². The van der Waals surface area contributed by atoms with E-state index in [1.54, 1.807) is 0 Å². The number of esters is 3. The van der Waals surface area contributed by atoms with Crippen LogP contribution in [0.1, 0.15) is 278 Å². The van der Waals surface area contributed by atoms with Crippen LogP contribution in [-0.4, -0.2) is 37.2 Å². The molecule has 0 N–H and O–H groups in total. The first-order valence-electron chi connectivity index (χ1n) is 26.5. The highest BCUT2D eigenvalue weighted by atomic mass is 16.6. The van der Waals surface area contributed by atoms with Crippen molar-refractivity contribution in [2.24, 2.45) is 0 Å². The molecule has 0 aliphatic heterocycles. The predicted molar refractivity (Wildman–Crippen MR) is 261 cm³/mol. The first-order chi connectivity index (χ1) is 30.0. The van der Waals surface area contributed by atoms with Gasteiger partial charge in [-0.15, -0.1) is 0 Å². The van der Waals surface area contributed by atoms with Gasteiger partial charge in [0.25, 0.3) is 0 Å². The number of hydrogen-bond acceptors (Lipinski definition) is 6. The van der Waals surface area contributed by atoms with Crippen LogP contribution in [0.15, 0.2) is 36.5 Å². The lowest BCUT2D eigenvalue weighted by Gasteiger charge is -2.18. The second-order valence-corrected chi connectivity index (χ2v) is 17.8. The molecule has 0 aromatic heterocycles. The van der Waals surface area contributed by atoms with Gasteiger partial charge in [0.15, 0.2) is 6.10 Å². The molecule has 0 aliphatic rings. The third-order valence-electron chi connectivity index (χ3n) is 11.6. The summed E-state index contributed by atoms with van der Waals surface area (Å²) in [6.07, 6.45) is 58.4. The lowest BCUT2D eigenvalue weighted by atomic mass is 10.0. The van der Waals surface area contributed by atoms with Crippen molar-refractivity contribution in [2.75, 3.05) is 13.2 Å². The summed E-state index contributed by atoms with van der Waals surface area (Å²) >= 11 is 0. The van der Waals surface area contributed by atoms with Crippen molar-refractivity contribution < 1.29 is 28.6 Å². The van der Waals surface area contributed by atoms with Crippen LogP contribution in [0.2, 0.25) is 0 Å². The third kappa shape index (κ3) is 48.5. The molecule has 0 bridgehead atoms. The molecule has 1 atom stereocenters. The van der Waals surface area contributed by atoms with Gasteiger partial charge >= 0.3 is 17.9 Å². The molecule has 0 fully saturated rings. The van der Waals surface area contributed by atoms with Crippen molar-refractivity contribution in [2.45, 2.75) is 284 Å². The molecule has 356 valence electrons. The summed E-state index contributed by atoms with van der Waals surface area (Å²) in [5.41, 5.74) is 0. The molecule has 6 heteroatoms. The molecule has 61 heavy (non-hydrogen) atoms. The number of unbranched alkanes of at least 4 members (excludes halogenated alkanes) is 31. The number of ether oxygens (including phenoxy) is 3. The van der Waals surface area contributed by atoms with Crippen LogP contribution in [0.25, 0.3) is 0 Å². The molecular weight excluding hydrogens is 757 g/mol. The van der Waals surface area contributed by atoms with Crippen LogP contribution >= 0.6 is 0 Å². The first kappa shape index (κ1) is 58.6. The highest BCUT2D eigenvalue weighted by Crippen LogP contribution is 2.16. The van der Waals surface area contributed by atoms with Gasteiger partial charge in [0.05, 0.1) is 0 Å². The van der Waals surface area contributed by atoms with Crippen LogP contribution in [0.5, 0.6) is 0 Å². The van der Waals surface area contributed by atoms with Crippen molar-refractivity contribution in [3.63, 3.8) is 0 Å². The van der Waals surface area contributed by atoms with E-state index in [9.17, 15) is 14.4 Å². The molecule has 0 unspecified atom stereocenters. The minimum absolute atomic E-state index is 0.0775. The Labute approximate surface area is 378 Å². The summed E-state index contributed by atoms with van der Waals surface area (Å²) in [5.74, 6) is -0.891. The molecule has 0 aromatic rings. The van der Waals surface area contributed by atoms with Crippen LogP contribution in [0.4, 0.5) is 0 Å². The van der Waals surface area contributed by atoms with E-state index in [2.05, 4.69) is 57.2 Å². The van der Waals surface area contributed by atoms with Gasteiger partial charge in [-0.2, -0.15) is 0 Å². The van der Waals surface area contributed by atoms with E-state index in [1.165, 1.54) is 148 Å². The average Bonchev–Trinajstić information content (AvgIpc) is 3.26. The molecule has 0 amide bonds. The summed E-state index contributed by atoms with van der Waals surface area (Å²) in [4.78, 5) is 37.9. The molecule has 0 aromatic carbocycles. The Morgan fingerprint density at radius 1 is 0.328 bits per heavy atom. The normalized spacial score (nSPS) is 12.2. The van der Waals surface area contributed by atoms with E-state index in [-0.39, 0.29) is 31.1 Å². The van der Waals surface area contributed by atoms with Gasteiger partial charge in [0.1, 0.15) is 13.2 Å². The zero-order valence-corrected chi connectivity index (χ0v) is 40.7. The second-order valence-electron chi connectivity index (χ2n) is 17.8. The second kappa shape index (κ2) is 50.3.